The maximum atomic E-state index is 12.8. The number of ether oxygens (including phenoxy) is 4. The summed E-state index contributed by atoms with van der Waals surface area (Å²) in [5, 5.41) is 10.1. The normalized spacial score (nSPS) is 19.5. The number of amides is 2. The van der Waals surface area contributed by atoms with Gasteiger partial charge in [-0.3, -0.25) is 9.59 Å². The molecule has 1 aromatic carbocycles. The summed E-state index contributed by atoms with van der Waals surface area (Å²) in [5.74, 6) is -1.52. The molecule has 2 saturated heterocycles. The zero-order chi connectivity index (χ0) is 29.0. The average molecular weight is 549 g/mol. The van der Waals surface area contributed by atoms with Gasteiger partial charge in [0.05, 0.1) is 0 Å². The number of carbonyl (C=O) groups is 4. The number of hydrogen-bond donors (Lipinski definition) is 1. The summed E-state index contributed by atoms with van der Waals surface area (Å²) in [6.45, 7) is 10.8. The molecule has 39 heavy (non-hydrogen) atoms. The van der Waals surface area contributed by atoms with Gasteiger partial charge in [-0.1, -0.05) is 0 Å². The molecule has 1 aromatic rings. The van der Waals surface area contributed by atoms with E-state index in [1.807, 2.05) is 0 Å². The van der Waals surface area contributed by atoms with Crippen molar-refractivity contribution in [2.45, 2.75) is 90.5 Å². The fourth-order valence-electron chi connectivity index (χ4n) is 4.54. The first-order chi connectivity index (χ1) is 18.1. The third-order valence-corrected chi connectivity index (χ3v) is 6.09. The van der Waals surface area contributed by atoms with Crippen molar-refractivity contribution < 1.29 is 43.2 Å². The monoisotopic (exact) mass is 548 g/mol. The van der Waals surface area contributed by atoms with Crippen LogP contribution in [0.5, 0.6) is 17.2 Å². The Balaban J connectivity index is 1.56. The number of likely N-dealkylation sites (tertiary alicyclic amines) is 2. The quantitative estimate of drug-likeness (QED) is 0.487. The van der Waals surface area contributed by atoms with Gasteiger partial charge in [0.2, 0.25) is 0 Å². The molecule has 1 N–H and O–H groups in total. The minimum atomic E-state index is -0.662. The third-order valence-electron chi connectivity index (χ3n) is 6.09. The number of benzene rings is 1. The lowest BCUT2D eigenvalue weighted by Crippen LogP contribution is -2.45. The van der Waals surface area contributed by atoms with E-state index in [4.69, 9.17) is 18.9 Å². The van der Waals surface area contributed by atoms with Gasteiger partial charge >= 0.3 is 11.9 Å². The summed E-state index contributed by atoms with van der Waals surface area (Å²) in [6, 6.07) is 2.76. The summed E-state index contributed by atoms with van der Waals surface area (Å²) in [6.07, 6.45) is 2.40. The predicted molar refractivity (Wildman–Crippen MR) is 140 cm³/mol. The fraction of sp³-hybridized carbons (Fsp3) is 0.643. The van der Waals surface area contributed by atoms with Gasteiger partial charge in [-0.15, -0.1) is 0 Å². The van der Waals surface area contributed by atoms with Gasteiger partial charge in [0.25, 0.3) is 11.8 Å². The van der Waals surface area contributed by atoms with Gasteiger partial charge in [0.1, 0.15) is 40.5 Å². The Labute approximate surface area is 229 Å². The molecule has 2 fully saturated rings. The van der Waals surface area contributed by atoms with Crippen LogP contribution in [0.15, 0.2) is 18.2 Å². The molecular weight excluding hydrogens is 508 g/mol. The van der Waals surface area contributed by atoms with E-state index in [1.54, 1.807) is 41.5 Å². The number of phenolic OH excluding ortho intramolecular Hbond substituents is 1. The maximum Gasteiger partial charge on any atom is 0.329 e. The van der Waals surface area contributed by atoms with Crippen molar-refractivity contribution in [2.24, 2.45) is 0 Å². The maximum absolute atomic E-state index is 12.8. The van der Waals surface area contributed by atoms with Crippen molar-refractivity contribution in [1.29, 1.82) is 0 Å². The standard InChI is InChI=1S/C28H40N2O9/c1-27(2,3)38-25(34)21-9-7-11-29(21)23(32)16-36-19-13-18(31)14-20(15-19)37-17-24(33)30-12-8-10-22(30)26(35)39-28(4,5)6/h13-15,21-22,31H,7-12,16-17H2,1-6H3. The van der Waals surface area contributed by atoms with E-state index in [0.717, 1.165) is 0 Å². The van der Waals surface area contributed by atoms with Crippen LogP contribution in [0.25, 0.3) is 0 Å². The number of nitrogens with zero attached hydrogens (tertiary/aromatic N) is 2. The molecule has 2 atom stereocenters. The third kappa shape index (κ3) is 8.76. The number of hydrogen-bond acceptors (Lipinski definition) is 9. The molecule has 0 aliphatic carbocycles. The highest BCUT2D eigenvalue weighted by atomic mass is 16.6. The summed E-state index contributed by atoms with van der Waals surface area (Å²) < 4.78 is 22.1. The van der Waals surface area contributed by atoms with Crippen molar-refractivity contribution in [2.75, 3.05) is 26.3 Å². The number of esters is 2. The second-order valence-electron chi connectivity index (χ2n) is 11.8. The van der Waals surface area contributed by atoms with Crippen LogP contribution in [-0.2, 0) is 28.7 Å². The topological polar surface area (TPSA) is 132 Å². The molecule has 3 rings (SSSR count). The Kier molecular flexibility index (Phi) is 9.34. The molecule has 11 heteroatoms. The minimum Gasteiger partial charge on any atom is -0.508 e. The van der Waals surface area contributed by atoms with Crippen LogP contribution >= 0.6 is 0 Å². The van der Waals surface area contributed by atoms with Crippen LogP contribution in [0.3, 0.4) is 0 Å². The second kappa shape index (κ2) is 12.1. The smallest absolute Gasteiger partial charge is 0.329 e. The molecule has 0 radical (unpaired) electrons. The highest BCUT2D eigenvalue weighted by Gasteiger charge is 2.38. The van der Waals surface area contributed by atoms with E-state index in [-0.39, 0.29) is 42.3 Å². The SMILES string of the molecule is CC(C)(C)OC(=O)C1CCCN1C(=O)COc1cc(O)cc(OCC(=O)N2CCCC2C(=O)OC(C)(C)C)c1. The molecular formula is C28H40N2O9. The van der Waals surface area contributed by atoms with Gasteiger partial charge in [0, 0.05) is 31.3 Å². The fourth-order valence-corrected chi connectivity index (χ4v) is 4.54. The van der Waals surface area contributed by atoms with Crippen molar-refractivity contribution in [3.05, 3.63) is 18.2 Å². The molecule has 0 aromatic heterocycles. The van der Waals surface area contributed by atoms with Crippen LogP contribution in [0.4, 0.5) is 0 Å². The molecule has 0 spiro atoms. The molecule has 0 saturated carbocycles. The summed E-state index contributed by atoms with van der Waals surface area (Å²) in [7, 11) is 0. The molecule has 216 valence electrons. The van der Waals surface area contributed by atoms with Crippen LogP contribution in [-0.4, -0.2) is 88.2 Å². The summed E-state index contributed by atoms with van der Waals surface area (Å²) in [4.78, 5) is 53.6. The van der Waals surface area contributed by atoms with Crippen molar-refractivity contribution >= 4 is 23.8 Å². The number of phenols is 1. The minimum absolute atomic E-state index is 0.159. The Morgan fingerprint density at radius 1 is 0.744 bits per heavy atom. The summed E-state index contributed by atoms with van der Waals surface area (Å²) in [5.41, 5.74) is -1.31. The van der Waals surface area contributed by atoms with Gasteiger partial charge in [-0.05, 0) is 67.2 Å². The van der Waals surface area contributed by atoms with Crippen LogP contribution in [0.2, 0.25) is 0 Å². The lowest BCUT2D eigenvalue weighted by Gasteiger charge is -2.27. The van der Waals surface area contributed by atoms with E-state index in [0.29, 0.717) is 38.8 Å². The average Bonchev–Trinajstić information content (AvgIpc) is 3.48. The zero-order valence-electron chi connectivity index (χ0n) is 23.7. The predicted octanol–water partition coefficient (Wildman–Crippen LogP) is 2.82. The van der Waals surface area contributed by atoms with Gasteiger partial charge in [0.15, 0.2) is 13.2 Å². The Hall–Kier alpha value is -3.50. The number of rotatable bonds is 8. The molecule has 2 aliphatic heterocycles. The lowest BCUT2D eigenvalue weighted by atomic mass is 10.1. The van der Waals surface area contributed by atoms with Crippen molar-refractivity contribution in [3.63, 3.8) is 0 Å². The van der Waals surface area contributed by atoms with Gasteiger partial charge in [-0.25, -0.2) is 9.59 Å². The summed E-state index contributed by atoms with van der Waals surface area (Å²) >= 11 is 0. The molecule has 11 nitrogen and oxygen atoms in total. The Morgan fingerprint density at radius 3 is 1.49 bits per heavy atom. The largest absolute Gasteiger partial charge is 0.508 e. The molecule has 2 unspecified atom stereocenters. The van der Waals surface area contributed by atoms with Crippen LogP contribution < -0.4 is 9.47 Å². The van der Waals surface area contributed by atoms with Gasteiger partial charge < -0.3 is 33.9 Å². The van der Waals surface area contributed by atoms with E-state index in [1.165, 1.54) is 28.0 Å². The Morgan fingerprint density at radius 2 is 1.13 bits per heavy atom. The first kappa shape index (κ1) is 30.0. The zero-order valence-corrected chi connectivity index (χ0v) is 23.7. The molecule has 2 amide bonds. The van der Waals surface area contributed by atoms with Crippen LogP contribution in [0.1, 0.15) is 67.2 Å². The molecule has 0 bridgehead atoms. The number of aromatic hydroxyl groups is 1. The first-order valence-corrected chi connectivity index (χ1v) is 13.3. The van der Waals surface area contributed by atoms with Crippen molar-refractivity contribution in [1.82, 2.24) is 9.80 Å². The first-order valence-electron chi connectivity index (χ1n) is 13.3. The van der Waals surface area contributed by atoms with Crippen LogP contribution in [0, 0.1) is 0 Å². The lowest BCUT2D eigenvalue weighted by molar-refractivity contribution is -0.164. The second-order valence-corrected chi connectivity index (χ2v) is 11.8. The molecule has 2 heterocycles. The highest BCUT2D eigenvalue weighted by Crippen LogP contribution is 2.28. The van der Waals surface area contributed by atoms with Gasteiger partial charge in [-0.2, -0.15) is 0 Å². The van der Waals surface area contributed by atoms with E-state index in [2.05, 4.69) is 0 Å². The Bertz CT molecular complexity index is 994. The van der Waals surface area contributed by atoms with E-state index in [9.17, 15) is 24.3 Å². The number of carbonyl (C=O) groups excluding carboxylic acids is 4. The molecule has 2 aliphatic rings. The van der Waals surface area contributed by atoms with E-state index < -0.39 is 35.2 Å². The van der Waals surface area contributed by atoms with E-state index >= 15 is 0 Å². The van der Waals surface area contributed by atoms with Crippen molar-refractivity contribution in [3.8, 4) is 17.2 Å². The highest BCUT2D eigenvalue weighted by molar-refractivity contribution is 5.87.